The van der Waals surface area contributed by atoms with Crippen LogP contribution in [0.1, 0.15) is 23.1 Å². The molecule has 1 amide bonds. The predicted molar refractivity (Wildman–Crippen MR) is 106 cm³/mol. The van der Waals surface area contributed by atoms with Gasteiger partial charge >= 0.3 is 0 Å². The first kappa shape index (κ1) is 20.4. The minimum atomic E-state index is -3.43. The molecule has 0 saturated heterocycles. The largest absolute Gasteiger partial charge is 0.326 e. The Hall–Kier alpha value is -1.89. The van der Waals surface area contributed by atoms with Crippen LogP contribution >= 0.6 is 11.6 Å². The molecule has 26 heavy (non-hydrogen) atoms. The van der Waals surface area contributed by atoms with E-state index in [-0.39, 0.29) is 25.4 Å². The minimum absolute atomic E-state index is 0.0604. The highest BCUT2D eigenvalue weighted by molar-refractivity contribution is 7.88. The molecule has 0 saturated carbocycles. The number of nitrogens with zero attached hydrogens (tertiary/aromatic N) is 1. The van der Waals surface area contributed by atoms with Crippen molar-refractivity contribution in [1.29, 1.82) is 0 Å². The summed E-state index contributed by atoms with van der Waals surface area (Å²) in [5, 5.41) is 3.36. The van der Waals surface area contributed by atoms with Crippen LogP contribution in [-0.4, -0.2) is 31.4 Å². The number of rotatable bonds is 7. The number of hydrogen-bond donors (Lipinski definition) is 1. The number of carbonyl (C=O) groups excluding carboxylic acids is 1. The zero-order valence-electron chi connectivity index (χ0n) is 15.1. The summed E-state index contributed by atoms with van der Waals surface area (Å²) in [5.74, 6) is -0.256. The Labute approximate surface area is 160 Å². The van der Waals surface area contributed by atoms with Gasteiger partial charge in [-0.15, -0.1) is 0 Å². The third-order valence-electron chi connectivity index (χ3n) is 4.21. The summed E-state index contributed by atoms with van der Waals surface area (Å²) < 4.78 is 25.5. The molecule has 1 N–H and O–H groups in total. The number of sulfonamides is 1. The molecule has 0 unspecified atom stereocenters. The van der Waals surface area contributed by atoms with Gasteiger partial charge in [-0.2, -0.15) is 4.31 Å². The van der Waals surface area contributed by atoms with Gasteiger partial charge in [0.05, 0.1) is 6.26 Å². The molecule has 0 aromatic heterocycles. The Kier molecular flexibility index (Phi) is 6.81. The quantitative estimate of drug-likeness (QED) is 0.777. The highest BCUT2D eigenvalue weighted by Crippen LogP contribution is 2.23. The smallest absolute Gasteiger partial charge is 0.225 e. The monoisotopic (exact) mass is 394 g/mol. The van der Waals surface area contributed by atoms with Crippen LogP contribution in [0.4, 0.5) is 5.69 Å². The van der Waals surface area contributed by atoms with E-state index in [1.54, 1.807) is 18.2 Å². The van der Waals surface area contributed by atoms with Crippen molar-refractivity contribution >= 4 is 33.2 Å². The van der Waals surface area contributed by atoms with Crippen LogP contribution in [-0.2, 0) is 21.4 Å². The Bertz CT molecular complexity index is 897. The highest BCUT2D eigenvalue weighted by atomic mass is 35.5. The molecule has 0 aliphatic carbocycles. The van der Waals surface area contributed by atoms with Crippen molar-refractivity contribution in [3.05, 3.63) is 64.2 Å². The van der Waals surface area contributed by atoms with Gasteiger partial charge in [-0.3, -0.25) is 4.79 Å². The Morgan fingerprint density at radius 2 is 1.81 bits per heavy atom. The summed E-state index contributed by atoms with van der Waals surface area (Å²) in [6.45, 7) is 4.11. The van der Waals surface area contributed by atoms with Crippen molar-refractivity contribution in [2.24, 2.45) is 0 Å². The third-order valence-corrected chi connectivity index (χ3v) is 5.87. The summed E-state index contributed by atoms with van der Waals surface area (Å²) >= 11 is 6.05. The molecule has 0 spiro atoms. The van der Waals surface area contributed by atoms with Crippen molar-refractivity contribution in [1.82, 2.24) is 4.31 Å². The minimum Gasteiger partial charge on any atom is -0.326 e. The maximum absolute atomic E-state index is 12.3. The molecular formula is C19H23ClN2O3S. The Balaban J connectivity index is 2.04. The molecule has 0 aliphatic heterocycles. The van der Waals surface area contributed by atoms with Crippen molar-refractivity contribution in [3.8, 4) is 0 Å². The molecule has 140 valence electrons. The maximum atomic E-state index is 12.3. The first-order chi connectivity index (χ1) is 12.2. The summed E-state index contributed by atoms with van der Waals surface area (Å²) in [4.78, 5) is 12.3. The van der Waals surface area contributed by atoms with Gasteiger partial charge in [-0.1, -0.05) is 41.9 Å². The molecule has 0 bridgehead atoms. The topological polar surface area (TPSA) is 66.5 Å². The van der Waals surface area contributed by atoms with Gasteiger partial charge in [0.2, 0.25) is 15.9 Å². The van der Waals surface area contributed by atoms with Crippen LogP contribution in [0.25, 0.3) is 0 Å². The van der Waals surface area contributed by atoms with E-state index in [9.17, 15) is 13.2 Å². The van der Waals surface area contributed by atoms with Gasteiger partial charge in [-0.25, -0.2) is 8.42 Å². The van der Waals surface area contributed by atoms with E-state index in [2.05, 4.69) is 5.32 Å². The number of hydrogen-bond acceptors (Lipinski definition) is 3. The molecule has 5 nitrogen and oxygen atoms in total. The fourth-order valence-corrected chi connectivity index (χ4v) is 3.49. The van der Waals surface area contributed by atoms with Crippen LogP contribution in [0, 0.1) is 13.8 Å². The fourth-order valence-electron chi connectivity index (χ4n) is 2.52. The Morgan fingerprint density at radius 3 is 2.46 bits per heavy atom. The van der Waals surface area contributed by atoms with E-state index in [1.807, 2.05) is 38.1 Å². The fraction of sp³-hybridized carbons (Fsp3) is 0.316. The molecule has 2 aromatic rings. The van der Waals surface area contributed by atoms with Crippen molar-refractivity contribution in [2.75, 3.05) is 18.1 Å². The zero-order chi connectivity index (χ0) is 19.3. The number of anilines is 1. The lowest BCUT2D eigenvalue weighted by Crippen LogP contribution is -2.32. The number of nitrogens with one attached hydrogen (secondary N) is 1. The average molecular weight is 395 g/mol. The summed E-state index contributed by atoms with van der Waals surface area (Å²) in [6, 6.07) is 12.9. The highest BCUT2D eigenvalue weighted by Gasteiger charge is 2.19. The van der Waals surface area contributed by atoms with Gasteiger partial charge in [-0.05, 0) is 42.7 Å². The van der Waals surface area contributed by atoms with Crippen LogP contribution < -0.4 is 5.32 Å². The number of benzene rings is 2. The lowest BCUT2D eigenvalue weighted by molar-refractivity contribution is -0.116. The zero-order valence-corrected chi connectivity index (χ0v) is 16.7. The SMILES string of the molecule is Cc1ccccc1CN(CCC(=O)Nc1cccc(Cl)c1C)S(C)(=O)=O. The van der Waals surface area contributed by atoms with E-state index < -0.39 is 10.0 Å². The summed E-state index contributed by atoms with van der Waals surface area (Å²) in [7, 11) is -3.43. The van der Waals surface area contributed by atoms with Crippen LogP contribution in [0.5, 0.6) is 0 Å². The molecule has 0 aliphatic rings. The first-order valence-corrected chi connectivity index (χ1v) is 10.5. The molecule has 0 fully saturated rings. The molecule has 7 heteroatoms. The third kappa shape index (κ3) is 5.56. The predicted octanol–water partition coefficient (Wildman–Crippen LogP) is 3.75. The number of carbonyl (C=O) groups is 1. The van der Waals surface area contributed by atoms with Gasteiger partial charge in [0, 0.05) is 30.2 Å². The number of amides is 1. The van der Waals surface area contributed by atoms with Crippen LogP contribution in [0.3, 0.4) is 0 Å². The van der Waals surface area contributed by atoms with E-state index in [0.717, 1.165) is 22.9 Å². The standard InChI is InChI=1S/C19H23ClN2O3S/c1-14-7-4-5-8-16(14)13-22(26(3,24)25)12-11-19(23)21-18-10-6-9-17(20)15(18)2/h4-10H,11-13H2,1-3H3,(H,21,23). The van der Waals surface area contributed by atoms with E-state index >= 15 is 0 Å². The molecule has 2 rings (SSSR count). The molecule has 2 aromatic carbocycles. The van der Waals surface area contributed by atoms with Gasteiger partial charge in [0.1, 0.15) is 0 Å². The summed E-state index contributed by atoms with van der Waals surface area (Å²) in [5.41, 5.74) is 3.35. The second kappa shape index (κ2) is 8.66. The van der Waals surface area contributed by atoms with Crippen molar-refractivity contribution in [3.63, 3.8) is 0 Å². The van der Waals surface area contributed by atoms with Gasteiger partial charge in [0.15, 0.2) is 0 Å². The second-order valence-electron chi connectivity index (χ2n) is 6.23. The second-order valence-corrected chi connectivity index (χ2v) is 8.62. The average Bonchev–Trinajstić information content (AvgIpc) is 2.56. The molecule has 0 atom stereocenters. The maximum Gasteiger partial charge on any atom is 0.225 e. The van der Waals surface area contributed by atoms with Crippen LogP contribution in [0.2, 0.25) is 5.02 Å². The Morgan fingerprint density at radius 1 is 1.12 bits per heavy atom. The number of halogens is 1. The van der Waals surface area contributed by atoms with Gasteiger partial charge < -0.3 is 5.32 Å². The van der Waals surface area contributed by atoms with Crippen molar-refractivity contribution < 1.29 is 13.2 Å². The van der Waals surface area contributed by atoms with E-state index in [4.69, 9.17) is 11.6 Å². The summed E-state index contributed by atoms with van der Waals surface area (Å²) in [6.07, 6.45) is 1.22. The molecule has 0 radical (unpaired) electrons. The van der Waals surface area contributed by atoms with Gasteiger partial charge in [0.25, 0.3) is 0 Å². The molecular weight excluding hydrogens is 372 g/mol. The molecule has 0 heterocycles. The first-order valence-electron chi connectivity index (χ1n) is 8.23. The lowest BCUT2D eigenvalue weighted by Gasteiger charge is -2.21. The van der Waals surface area contributed by atoms with E-state index in [0.29, 0.717) is 10.7 Å². The van der Waals surface area contributed by atoms with Crippen LogP contribution in [0.15, 0.2) is 42.5 Å². The number of aryl methyl sites for hydroxylation is 1. The van der Waals surface area contributed by atoms with E-state index in [1.165, 1.54) is 4.31 Å². The lowest BCUT2D eigenvalue weighted by atomic mass is 10.1. The normalized spacial score (nSPS) is 11.6. The van der Waals surface area contributed by atoms with Crippen molar-refractivity contribution in [2.45, 2.75) is 26.8 Å².